The summed E-state index contributed by atoms with van der Waals surface area (Å²) in [5.74, 6) is 0. The van der Waals surface area contributed by atoms with E-state index in [1.54, 1.807) is 6.92 Å². The zero-order valence-corrected chi connectivity index (χ0v) is 9.29. The SMILES string of the molecule is CCc1c(C(F)(F)F)n[nH]c1C(C)(C)C. The Hall–Kier alpha value is -1.00. The van der Waals surface area contributed by atoms with Gasteiger partial charge in [0, 0.05) is 16.7 Å². The Bertz CT molecular complexity index is 313. The van der Waals surface area contributed by atoms with Crippen LogP contribution in [0.1, 0.15) is 44.6 Å². The molecule has 0 radical (unpaired) electrons. The van der Waals surface area contributed by atoms with Crippen molar-refractivity contribution in [2.24, 2.45) is 0 Å². The Kier molecular flexibility index (Phi) is 2.85. The van der Waals surface area contributed by atoms with E-state index in [1.807, 2.05) is 20.8 Å². The summed E-state index contributed by atoms with van der Waals surface area (Å²) >= 11 is 0. The van der Waals surface area contributed by atoms with Crippen LogP contribution in [0.2, 0.25) is 0 Å². The highest BCUT2D eigenvalue weighted by Crippen LogP contribution is 2.35. The summed E-state index contributed by atoms with van der Waals surface area (Å²) in [6, 6.07) is 0. The number of aromatic amines is 1. The third-order valence-corrected chi connectivity index (χ3v) is 2.24. The van der Waals surface area contributed by atoms with Crippen molar-refractivity contribution in [1.29, 1.82) is 0 Å². The van der Waals surface area contributed by atoms with Crippen molar-refractivity contribution in [3.63, 3.8) is 0 Å². The molecular formula is C10H15F3N2. The van der Waals surface area contributed by atoms with E-state index in [1.165, 1.54) is 0 Å². The van der Waals surface area contributed by atoms with Gasteiger partial charge in [-0.2, -0.15) is 18.3 Å². The van der Waals surface area contributed by atoms with Gasteiger partial charge < -0.3 is 0 Å². The lowest BCUT2D eigenvalue weighted by molar-refractivity contribution is -0.141. The first-order valence-corrected chi connectivity index (χ1v) is 4.82. The molecule has 15 heavy (non-hydrogen) atoms. The van der Waals surface area contributed by atoms with Gasteiger partial charge in [-0.25, -0.2) is 0 Å². The standard InChI is InChI=1S/C10H15F3N2/c1-5-6-7(9(2,3)4)14-15-8(6)10(11,12)13/h5H2,1-4H3,(H,14,15). The Morgan fingerprint density at radius 2 is 1.73 bits per heavy atom. The zero-order chi connectivity index (χ0) is 11.9. The second-order valence-corrected chi connectivity index (χ2v) is 4.53. The number of H-pyrrole nitrogens is 1. The van der Waals surface area contributed by atoms with Crippen LogP contribution in [0.3, 0.4) is 0 Å². The monoisotopic (exact) mass is 220 g/mol. The van der Waals surface area contributed by atoms with E-state index in [0.717, 1.165) is 0 Å². The number of rotatable bonds is 1. The smallest absolute Gasteiger partial charge is 0.281 e. The minimum Gasteiger partial charge on any atom is -0.281 e. The summed E-state index contributed by atoms with van der Waals surface area (Å²) in [7, 11) is 0. The molecule has 0 unspecified atom stereocenters. The molecule has 0 fully saturated rings. The number of nitrogens with zero attached hydrogens (tertiary/aromatic N) is 1. The Morgan fingerprint density at radius 1 is 1.20 bits per heavy atom. The molecule has 0 atom stereocenters. The van der Waals surface area contributed by atoms with Gasteiger partial charge in [0.15, 0.2) is 5.69 Å². The van der Waals surface area contributed by atoms with Crippen LogP contribution in [0.25, 0.3) is 0 Å². The molecular weight excluding hydrogens is 205 g/mol. The summed E-state index contributed by atoms with van der Waals surface area (Å²) in [4.78, 5) is 0. The maximum Gasteiger partial charge on any atom is 0.435 e. The summed E-state index contributed by atoms with van der Waals surface area (Å²) in [5.41, 5.74) is -0.288. The fourth-order valence-corrected chi connectivity index (χ4v) is 1.56. The summed E-state index contributed by atoms with van der Waals surface area (Å²) in [6.45, 7) is 7.29. The molecule has 0 aliphatic carbocycles. The molecule has 0 spiro atoms. The molecule has 5 heteroatoms. The van der Waals surface area contributed by atoms with Crippen LogP contribution >= 0.6 is 0 Å². The highest BCUT2D eigenvalue weighted by atomic mass is 19.4. The maximum atomic E-state index is 12.6. The summed E-state index contributed by atoms with van der Waals surface area (Å²) < 4.78 is 37.7. The van der Waals surface area contributed by atoms with Gasteiger partial charge in [0.1, 0.15) is 0 Å². The third-order valence-electron chi connectivity index (χ3n) is 2.24. The molecule has 1 N–H and O–H groups in total. The molecule has 1 aromatic rings. The van der Waals surface area contributed by atoms with E-state index in [2.05, 4.69) is 10.2 Å². The summed E-state index contributed by atoms with van der Waals surface area (Å²) in [6.07, 6.45) is -4.04. The normalized spacial score (nSPS) is 13.3. The number of nitrogens with one attached hydrogen (secondary N) is 1. The molecule has 1 heterocycles. The second-order valence-electron chi connectivity index (χ2n) is 4.53. The molecule has 0 saturated carbocycles. The molecule has 0 bridgehead atoms. The van der Waals surface area contributed by atoms with Crippen LogP contribution in [-0.4, -0.2) is 10.2 Å². The van der Waals surface area contributed by atoms with Crippen LogP contribution in [0.4, 0.5) is 13.2 Å². The van der Waals surface area contributed by atoms with Gasteiger partial charge in [0.2, 0.25) is 0 Å². The average molecular weight is 220 g/mol. The number of hydrogen-bond acceptors (Lipinski definition) is 1. The molecule has 0 amide bonds. The van der Waals surface area contributed by atoms with Gasteiger partial charge in [-0.15, -0.1) is 0 Å². The Labute approximate surface area is 86.9 Å². The minimum absolute atomic E-state index is 0.273. The van der Waals surface area contributed by atoms with Crippen molar-refractivity contribution in [1.82, 2.24) is 10.2 Å². The topological polar surface area (TPSA) is 28.7 Å². The molecule has 0 aliphatic heterocycles. The van der Waals surface area contributed by atoms with Crippen molar-refractivity contribution in [3.8, 4) is 0 Å². The van der Waals surface area contributed by atoms with E-state index in [-0.39, 0.29) is 11.0 Å². The van der Waals surface area contributed by atoms with Crippen LogP contribution in [-0.2, 0) is 18.0 Å². The first kappa shape index (κ1) is 12.1. The van der Waals surface area contributed by atoms with Crippen LogP contribution < -0.4 is 0 Å². The number of halogens is 3. The third kappa shape index (κ3) is 2.33. The van der Waals surface area contributed by atoms with Crippen molar-refractivity contribution >= 4 is 0 Å². The molecule has 2 nitrogen and oxygen atoms in total. The Balaban J connectivity index is 3.30. The predicted molar refractivity (Wildman–Crippen MR) is 51.7 cm³/mol. The van der Waals surface area contributed by atoms with Gasteiger partial charge in [-0.1, -0.05) is 27.7 Å². The molecule has 0 saturated heterocycles. The van der Waals surface area contributed by atoms with Gasteiger partial charge in [0.25, 0.3) is 0 Å². The minimum atomic E-state index is -4.37. The van der Waals surface area contributed by atoms with Gasteiger partial charge in [-0.3, -0.25) is 5.10 Å². The highest BCUT2D eigenvalue weighted by Gasteiger charge is 2.38. The molecule has 0 aromatic carbocycles. The molecule has 1 rings (SSSR count). The first-order chi connectivity index (χ1) is 6.68. The van der Waals surface area contributed by atoms with Crippen LogP contribution in [0.15, 0.2) is 0 Å². The number of aromatic nitrogens is 2. The highest BCUT2D eigenvalue weighted by molar-refractivity contribution is 5.31. The maximum absolute atomic E-state index is 12.6. The van der Waals surface area contributed by atoms with Crippen LogP contribution in [0, 0.1) is 0 Å². The summed E-state index contributed by atoms with van der Waals surface area (Å²) in [5, 5.41) is 5.88. The van der Waals surface area contributed by atoms with E-state index in [0.29, 0.717) is 12.1 Å². The predicted octanol–water partition coefficient (Wildman–Crippen LogP) is 3.29. The van der Waals surface area contributed by atoms with E-state index < -0.39 is 11.9 Å². The second kappa shape index (κ2) is 3.54. The van der Waals surface area contributed by atoms with Crippen molar-refractivity contribution in [2.45, 2.75) is 45.7 Å². The lowest BCUT2D eigenvalue weighted by Crippen LogP contribution is -2.15. The Morgan fingerprint density at radius 3 is 2.07 bits per heavy atom. The largest absolute Gasteiger partial charge is 0.435 e. The molecule has 1 aromatic heterocycles. The quantitative estimate of drug-likeness (QED) is 0.773. The van der Waals surface area contributed by atoms with Crippen LogP contribution in [0.5, 0.6) is 0 Å². The lowest BCUT2D eigenvalue weighted by Gasteiger charge is -2.18. The molecule has 0 aliphatic rings. The fourth-order valence-electron chi connectivity index (χ4n) is 1.56. The molecule has 86 valence electrons. The van der Waals surface area contributed by atoms with Crippen molar-refractivity contribution in [2.75, 3.05) is 0 Å². The van der Waals surface area contributed by atoms with E-state index in [4.69, 9.17) is 0 Å². The number of hydrogen-bond donors (Lipinski definition) is 1. The van der Waals surface area contributed by atoms with E-state index in [9.17, 15) is 13.2 Å². The van der Waals surface area contributed by atoms with Crippen molar-refractivity contribution in [3.05, 3.63) is 17.0 Å². The van der Waals surface area contributed by atoms with E-state index >= 15 is 0 Å². The van der Waals surface area contributed by atoms with Crippen molar-refractivity contribution < 1.29 is 13.2 Å². The fraction of sp³-hybridized carbons (Fsp3) is 0.700. The average Bonchev–Trinajstić information content (AvgIpc) is 2.43. The lowest BCUT2D eigenvalue weighted by atomic mass is 9.88. The number of alkyl halides is 3. The first-order valence-electron chi connectivity index (χ1n) is 4.82. The zero-order valence-electron chi connectivity index (χ0n) is 9.29. The van der Waals surface area contributed by atoms with Gasteiger partial charge in [0.05, 0.1) is 0 Å². The van der Waals surface area contributed by atoms with Gasteiger partial charge in [-0.05, 0) is 6.42 Å². The van der Waals surface area contributed by atoms with Gasteiger partial charge >= 0.3 is 6.18 Å².